The Labute approximate surface area is 79.7 Å². The Morgan fingerprint density at radius 2 is 2.00 bits per heavy atom. The number of Topliss-reactive ketones (excluding diaryl/α,β-unsaturated/α-hetero) is 1. The fraction of sp³-hybridized carbons (Fsp3) is 0.818. The molecule has 2 heteroatoms. The summed E-state index contributed by atoms with van der Waals surface area (Å²) in [6.45, 7) is 7.94. The zero-order valence-electron chi connectivity index (χ0n) is 8.89. The molecule has 0 saturated heterocycles. The second kappa shape index (κ2) is 2.93. The van der Waals surface area contributed by atoms with Gasteiger partial charge in [-0.15, -0.1) is 0 Å². The van der Waals surface area contributed by atoms with Crippen LogP contribution in [0.15, 0.2) is 0 Å². The van der Waals surface area contributed by atoms with Crippen LogP contribution in [-0.2, 0) is 9.59 Å². The van der Waals surface area contributed by atoms with E-state index in [1.807, 2.05) is 0 Å². The van der Waals surface area contributed by atoms with Crippen molar-refractivity contribution < 1.29 is 9.59 Å². The van der Waals surface area contributed by atoms with Crippen LogP contribution in [0, 0.1) is 16.7 Å². The molecule has 13 heavy (non-hydrogen) atoms. The maximum Gasteiger partial charge on any atom is 0.149 e. The summed E-state index contributed by atoms with van der Waals surface area (Å²) in [7, 11) is 0. The monoisotopic (exact) mass is 182 g/mol. The van der Waals surface area contributed by atoms with Crippen molar-refractivity contribution in [1.29, 1.82) is 0 Å². The molecule has 1 aliphatic rings. The normalized spacial score (nSPS) is 35.1. The predicted molar refractivity (Wildman–Crippen MR) is 51.4 cm³/mol. The van der Waals surface area contributed by atoms with Crippen LogP contribution in [0.5, 0.6) is 0 Å². The standard InChI is InChI=1S/C11H18O2/c1-10(2,3)8-5-6-11(4,7-12)9(8)13/h7-8H,5-6H2,1-4H3/t8-,11+/m0/s1. The van der Waals surface area contributed by atoms with Crippen LogP contribution in [0.2, 0.25) is 0 Å². The zero-order chi connectivity index (χ0) is 10.3. The number of ketones is 1. The second-order valence-corrected chi connectivity index (χ2v) is 5.36. The molecule has 0 heterocycles. The molecule has 0 aromatic rings. The summed E-state index contributed by atoms with van der Waals surface area (Å²) in [5, 5.41) is 0. The van der Waals surface area contributed by atoms with Crippen LogP contribution >= 0.6 is 0 Å². The molecule has 74 valence electrons. The van der Waals surface area contributed by atoms with Gasteiger partial charge in [0.15, 0.2) is 0 Å². The number of aldehydes is 1. The van der Waals surface area contributed by atoms with E-state index >= 15 is 0 Å². The average Bonchev–Trinajstić information content (AvgIpc) is 2.29. The van der Waals surface area contributed by atoms with Crippen molar-refractivity contribution in [2.24, 2.45) is 16.7 Å². The highest BCUT2D eigenvalue weighted by Gasteiger charge is 2.48. The van der Waals surface area contributed by atoms with Crippen molar-refractivity contribution in [2.75, 3.05) is 0 Å². The molecule has 0 radical (unpaired) electrons. The molecule has 0 amide bonds. The molecule has 2 nitrogen and oxygen atoms in total. The Balaban J connectivity index is 2.89. The molecule has 0 aromatic heterocycles. The number of rotatable bonds is 1. The topological polar surface area (TPSA) is 34.1 Å². The van der Waals surface area contributed by atoms with Gasteiger partial charge in [-0.25, -0.2) is 0 Å². The first-order valence-corrected chi connectivity index (χ1v) is 4.82. The summed E-state index contributed by atoms with van der Waals surface area (Å²) in [4.78, 5) is 22.7. The lowest BCUT2D eigenvalue weighted by atomic mass is 9.76. The third-order valence-electron chi connectivity index (χ3n) is 3.14. The predicted octanol–water partition coefficient (Wildman–Crippen LogP) is 2.22. The minimum Gasteiger partial charge on any atom is -0.302 e. The second-order valence-electron chi connectivity index (χ2n) is 5.36. The van der Waals surface area contributed by atoms with Gasteiger partial charge in [0.25, 0.3) is 0 Å². The Hall–Kier alpha value is -0.660. The lowest BCUT2D eigenvalue weighted by Gasteiger charge is -2.26. The van der Waals surface area contributed by atoms with Gasteiger partial charge in [0.1, 0.15) is 12.1 Å². The van der Waals surface area contributed by atoms with E-state index in [1.54, 1.807) is 6.92 Å². The smallest absolute Gasteiger partial charge is 0.149 e. The maximum atomic E-state index is 11.9. The Morgan fingerprint density at radius 1 is 1.46 bits per heavy atom. The summed E-state index contributed by atoms with van der Waals surface area (Å²) in [5.41, 5.74) is -0.699. The lowest BCUT2D eigenvalue weighted by molar-refractivity contribution is -0.135. The van der Waals surface area contributed by atoms with E-state index < -0.39 is 5.41 Å². The molecule has 1 rings (SSSR count). The SMILES string of the molecule is CC(C)(C)[C@H]1CC[C@](C)(C=O)C1=O. The number of carbonyl (C=O) groups is 2. The number of hydrogen-bond acceptors (Lipinski definition) is 2. The van der Waals surface area contributed by atoms with E-state index in [4.69, 9.17) is 0 Å². The highest BCUT2D eigenvalue weighted by atomic mass is 16.1. The zero-order valence-corrected chi connectivity index (χ0v) is 8.89. The van der Waals surface area contributed by atoms with Crippen LogP contribution < -0.4 is 0 Å². The van der Waals surface area contributed by atoms with Crippen LogP contribution in [0.25, 0.3) is 0 Å². The minimum atomic E-state index is -0.696. The quantitative estimate of drug-likeness (QED) is 0.460. The molecule has 2 atom stereocenters. The molecule has 0 aromatic carbocycles. The van der Waals surface area contributed by atoms with Crippen LogP contribution in [0.1, 0.15) is 40.5 Å². The summed E-state index contributed by atoms with van der Waals surface area (Å²) >= 11 is 0. The van der Waals surface area contributed by atoms with E-state index in [-0.39, 0.29) is 17.1 Å². The van der Waals surface area contributed by atoms with Crippen molar-refractivity contribution in [3.8, 4) is 0 Å². The Morgan fingerprint density at radius 3 is 2.23 bits per heavy atom. The molecule has 1 fully saturated rings. The Bertz CT molecular complexity index is 237. The third kappa shape index (κ3) is 1.67. The maximum absolute atomic E-state index is 11.9. The van der Waals surface area contributed by atoms with E-state index in [0.717, 1.165) is 19.1 Å². The first-order chi connectivity index (χ1) is 5.81. The molecule has 1 aliphatic carbocycles. The molecule has 0 spiro atoms. The number of carbonyl (C=O) groups excluding carboxylic acids is 2. The lowest BCUT2D eigenvalue weighted by Crippen LogP contribution is -2.32. The van der Waals surface area contributed by atoms with Crippen molar-refractivity contribution in [1.82, 2.24) is 0 Å². The largest absolute Gasteiger partial charge is 0.302 e. The van der Waals surface area contributed by atoms with Gasteiger partial charge in [-0.3, -0.25) is 4.79 Å². The fourth-order valence-corrected chi connectivity index (χ4v) is 2.04. The highest BCUT2D eigenvalue weighted by Crippen LogP contribution is 2.44. The summed E-state index contributed by atoms with van der Waals surface area (Å²) in [6.07, 6.45) is 2.40. The fourth-order valence-electron chi connectivity index (χ4n) is 2.04. The first kappa shape index (κ1) is 10.4. The average molecular weight is 182 g/mol. The summed E-state index contributed by atoms with van der Waals surface area (Å²) in [6, 6.07) is 0. The van der Waals surface area contributed by atoms with Gasteiger partial charge >= 0.3 is 0 Å². The molecule has 0 N–H and O–H groups in total. The first-order valence-electron chi connectivity index (χ1n) is 4.82. The summed E-state index contributed by atoms with van der Waals surface area (Å²) < 4.78 is 0. The van der Waals surface area contributed by atoms with Gasteiger partial charge in [-0.05, 0) is 25.2 Å². The van der Waals surface area contributed by atoms with Gasteiger partial charge in [-0.1, -0.05) is 20.8 Å². The van der Waals surface area contributed by atoms with Crippen molar-refractivity contribution in [2.45, 2.75) is 40.5 Å². The van der Waals surface area contributed by atoms with Gasteiger partial charge < -0.3 is 4.79 Å². The van der Waals surface area contributed by atoms with Crippen LogP contribution in [0.4, 0.5) is 0 Å². The Kier molecular flexibility index (Phi) is 2.35. The van der Waals surface area contributed by atoms with E-state index in [0.29, 0.717) is 0 Å². The van der Waals surface area contributed by atoms with E-state index in [1.165, 1.54) is 0 Å². The van der Waals surface area contributed by atoms with Crippen LogP contribution in [0.3, 0.4) is 0 Å². The van der Waals surface area contributed by atoms with Crippen molar-refractivity contribution >= 4 is 12.1 Å². The molecule has 0 unspecified atom stereocenters. The van der Waals surface area contributed by atoms with Gasteiger partial charge in [0.05, 0.1) is 5.41 Å². The van der Waals surface area contributed by atoms with E-state index in [2.05, 4.69) is 20.8 Å². The minimum absolute atomic E-state index is 0.00213. The summed E-state index contributed by atoms with van der Waals surface area (Å²) in [5.74, 6) is 0.192. The van der Waals surface area contributed by atoms with Gasteiger partial charge in [0, 0.05) is 5.92 Å². The third-order valence-corrected chi connectivity index (χ3v) is 3.14. The van der Waals surface area contributed by atoms with Crippen molar-refractivity contribution in [3.63, 3.8) is 0 Å². The van der Waals surface area contributed by atoms with Gasteiger partial charge in [-0.2, -0.15) is 0 Å². The number of hydrogen-bond donors (Lipinski definition) is 0. The molecule has 1 saturated carbocycles. The van der Waals surface area contributed by atoms with Gasteiger partial charge in [0.2, 0.25) is 0 Å². The molecular weight excluding hydrogens is 164 g/mol. The molecular formula is C11H18O2. The molecule has 0 bridgehead atoms. The molecule has 0 aliphatic heterocycles. The highest BCUT2D eigenvalue weighted by molar-refractivity contribution is 6.01. The van der Waals surface area contributed by atoms with Crippen LogP contribution in [-0.4, -0.2) is 12.1 Å². The van der Waals surface area contributed by atoms with Crippen molar-refractivity contribution in [3.05, 3.63) is 0 Å². The van der Waals surface area contributed by atoms with E-state index in [9.17, 15) is 9.59 Å².